The average Bonchev–Trinajstić information content (AvgIpc) is 2.97. The minimum atomic E-state index is -0.0686. The zero-order chi connectivity index (χ0) is 12.4. The van der Waals surface area contributed by atoms with Crippen molar-refractivity contribution in [1.82, 2.24) is 15.6 Å². The van der Waals surface area contributed by atoms with Crippen LogP contribution < -0.4 is 10.6 Å². The maximum absolute atomic E-state index is 11.9. The number of carbonyl (C=O) groups is 1. The van der Waals surface area contributed by atoms with Gasteiger partial charge in [0.25, 0.3) is 5.91 Å². The first-order chi connectivity index (χ1) is 8.83. The van der Waals surface area contributed by atoms with Gasteiger partial charge in [0.05, 0.1) is 4.88 Å². The van der Waals surface area contributed by atoms with Crippen LogP contribution in [-0.2, 0) is 0 Å². The third kappa shape index (κ3) is 2.45. The van der Waals surface area contributed by atoms with E-state index in [0.717, 1.165) is 29.5 Å². The highest BCUT2D eigenvalue weighted by molar-refractivity contribution is 7.20. The lowest BCUT2D eigenvalue weighted by Crippen LogP contribution is -2.48. The third-order valence-corrected chi connectivity index (χ3v) is 4.77. The number of carbonyl (C=O) groups excluding carboxylic acids is 1. The number of hydrogen-bond donors (Lipinski definition) is 2. The van der Waals surface area contributed by atoms with E-state index in [1.807, 2.05) is 22.9 Å². The standard InChI is InChI=1S/C12H13N3OS2/c16-11(14-6-8-4-13-5-8)9-7-18-12(15-9)10-2-1-3-17-10/h1-3,7-8,13H,4-6H2,(H,14,16). The van der Waals surface area contributed by atoms with Crippen molar-refractivity contribution >= 4 is 28.6 Å². The number of amides is 1. The Morgan fingerprint density at radius 3 is 3.06 bits per heavy atom. The molecule has 2 N–H and O–H groups in total. The van der Waals surface area contributed by atoms with Crippen LogP contribution in [0.2, 0.25) is 0 Å². The topological polar surface area (TPSA) is 54.0 Å². The highest BCUT2D eigenvalue weighted by atomic mass is 32.1. The minimum absolute atomic E-state index is 0.0686. The van der Waals surface area contributed by atoms with Crippen LogP contribution in [-0.4, -0.2) is 30.5 Å². The van der Waals surface area contributed by atoms with E-state index in [1.165, 1.54) is 11.3 Å². The number of nitrogens with zero attached hydrogens (tertiary/aromatic N) is 1. The number of rotatable bonds is 4. The molecule has 3 heterocycles. The molecule has 1 fully saturated rings. The van der Waals surface area contributed by atoms with Gasteiger partial charge in [0.15, 0.2) is 0 Å². The van der Waals surface area contributed by atoms with Gasteiger partial charge in [0.1, 0.15) is 10.7 Å². The van der Waals surface area contributed by atoms with Gasteiger partial charge in [-0.3, -0.25) is 4.79 Å². The normalized spacial score (nSPS) is 15.3. The predicted octanol–water partition coefficient (Wildman–Crippen LogP) is 1.82. The lowest BCUT2D eigenvalue weighted by atomic mass is 10.0. The van der Waals surface area contributed by atoms with Gasteiger partial charge >= 0.3 is 0 Å². The molecule has 1 aliphatic heterocycles. The summed E-state index contributed by atoms with van der Waals surface area (Å²) in [5.74, 6) is 0.505. The predicted molar refractivity (Wildman–Crippen MR) is 74.1 cm³/mol. The molecule has 0 saturated carbocycles. The van der Waals surface area contributed by atoms with Gasteiger partial charge in [0.2, 0.25) is 0 Å². The van der Waals surface area contributed by atoms with Crippen LogP contribution in [0.4, 0.5) is 0 Å². The second-order valence-corrected chi connectivity index (χ2v) is 6.06. The fourth-order valence-corrected chi connectivity index (χ4v) is 3.33. The molecule has 1 saturated heterocycles. The van der Waals surface area contributed by atoms with Crippen molar-refractivity contribution in [3.63, 3.8) is 0 Å². The van der Waals surface area contributed by atoms with Crippen molar-refractivity contribution < 1.29 is 4.79 Å². The first-order valence-corrected chi connectivity index (χ1v) is 7.57. The summed E-state index contributed by atoms with van der Waals surface area (Å²) in [7, 11) is 0. The molecule has 1 aliphatic rings. The van der Waals surface area contributed by atoms with Crippen LogP contribution >= 0.6 is 22.7 Å². The van der Waals surface area contributed by atoms with E-state index < -0.39 is 0 Å². The first-order valence-electron chi connectivity index (χ1n) is 5.81. The van der Waals surface area contributed by atoms with Crippen molar-refractivity contribution in [2.45, 2.75) is 0 Å². The van der Waals surface area contributed by atoms with Crippen LogP contribution in [0.1, 0.15) is 10.5 Å². The van der Waals surface area contributed by atoms with Crippen molar-refractivity contribution in [1.29, 1.82) is 0 Å². The molecule has 2 aromatic rings. The SMILES string of the molecule is O=C(NCC1CNC1)c1csc(-c2cccs2)n1. The molecule has 4 nitrogen and oxygen atoms in total. The maximum atomic E-state index is 11.9. The molecule has 0 spiro atoms. The molecule has 1 amide bonds. The van der Waals surface area contributed by atoms with Gasteiger partial charge < -0.3 is 10.6 Å². The Morgan fingerprint density at radius 2 is 2.39 bits per heavy atom. The van der Waals surface area contributed by atoms with Crippen molar-refractivity contribution in [2.24, 2.45) is 5.92 Å². The summed E-state index contributed by atoms with van der Waals surface area (Å²) in [5.41, 5.74) is 0.524. The van der Waals surface area contributed by atoms with E-state index in [-0.39, 0.29) is 5.91 Å². The zero-order valence-corrected chi connectivity index (χ0v) is 11.3. The highest BCUT2D eigenvalue weighted by Gasteiger charge is 2.18. The second-order valence-electron chi connectivity index (χ2n) is 4.25. The smallest absolute Gasteiger partial charge is 0.270 e. The van der Waals surface area contributed by atoms with Gasteiger partial charge in [-0.25, -0.2) is 4.98 Å². The van der Waals surface area contributed by atoms with Crippen molar-refractivity contribution in [3.8, 4) is 9.88 Å². The maximum Gasteiger partial charge on any atom is 0.270 e. The molecule has 6 heteroatoms. The third-order valence-electron chi connectivity index (χ3n) is 2.89. The molecule has 18 heavy (non-hydrogen) atoms. The summed E-state index contributed by atoms with van der Waals surface area (Å²) in [4.78, 5) is 17.4. The van der Waals surface area contributed by atoms with Crippen molar-refractivity contribution in [2.75, 3.05) is 19.6 Å². The lowest BCUT2D eigenvalue weighted by Gasteiger charge is -2.26. The Hall–Kier alpha value is -1.24. The molecule has 94 valence electrons. The molecule has 2 aromatic heterocycles. The van der Waals surface area contributed by atoms with E-state index in [4.69, 9.17) is 0 Å². The van der Waals surface area contributed by atoms with Gasteiger partial charge in [-0.05, 0) is 11.4 Å². The Kier molecular flexibility index (Phi) is 3.40. The molecule has 0 bridgehead atoms. The van der Waals surface area contributed by atoms with Crippen LogP contribution in [0.3, 0.4) is 0 Å². The van der Waals surface area contributed by atoms with Gasteiger partial charge in [-0.15, -0.1) is 22.7 Å². The molecule has 0 aromatic carbocycles. The number of thiophene rings is 1. The molecular weight excluding hydrogens is 266 g/mol. The summed E-state index contributed by atoms with van der Waals surface area (Å²) in [5, 5.41) is 10.9. The minimum Gasteiger partial charge on any atom is -0.350 e. The quantitative estimate of drug-likeness (QED) is 0.897. The summed E-state index contributed by atoms with van der Waals surface area (Å²) in [6.07, 6.45) is 0. The molecular formula is C12H13N3OS2. The molecule has 3 rings (SSSR count). The van der Waals surface area contributed by atoms with E-state index in [0.29, 0.717) is 11.6 Å². The Labute approximate surface area is 113 Å². The number of nitrogens with one attached hydrogen (secondary N) is 2. The first kappa shape index (κ1) is 11.8. The summed E-state index contributed by atoms with van der Waals surface area (Å²) >= 11 is 3.16. The Bertz CT molecular complexity index is 531. The van der Waals surface area contributed by atoms with E-state index in [9.17, 15) is 4.79 Å². The number of thiazole rings is 1. The fourth-order valence-electron chi connectivity index (χ4n) is 1.71. The second kappa shape index (κ2) is 5.17. The largest absolute Gasteiger partial charge is 0.350 e. The summed E-state index contributed by atoms with van der Waals surface area (Å²) in [6.45, 7) is 2.73. The monoisotopic (exact) mass is 279 g/mol. The van der Waals surface area contributed by atoms with E-state index >= 15 is 0 Å². The average molecular weight is 279 g/mol. The van der Waals surface area contributed by atoms with Crippen LogP contribution in [0.25, 0.3) is 9.88 Å². The van der Waals surface area contributed by atoms with Gasteiger partial charge in [0, 0.05) is 30.9 Å². The summed E-state index contributed by atoms with van der Waals surface area (Å²) < 4.78 is 0. The Balaban J connectivity index is 1.63. The fraction of sp³-hybridized carbons (Fsp3) is 0.333. The molecule has 0 aliphatic carbocycles. The lowest BCUT2D eigenvalue weighted by molar-refractivity contribution is 0.0938. The Morgan fingerprint density at radius 1 is 1.50 bits per heavy atom. The van der Waals surface area contributed by atoms with E-state index in [1.54, 1.807) is 11.3 Å². The van der Waals surface area contributed by atoms with Crippen LogP contribution in [0.5, 0.6) is 0 Å². The molecule has 0 radical (unpaired) electrons. The number of hydrogen-bond acceptors (Lipinski definition) is 5. The van der Waals surface area contributed by atoms with Gasteiger partial charge in [-0.2, -0.15) is 0 Å². The van der Waals surface area contributed by atoms with Crippen molar-refractivity contribution in [3.05, 3.63) is 28.6 Å². The molecule has 0 unspecified atom stereocenters. The molecule has 0 atom stereocenters. The van der Waals surface area contributed by atoms with Crippen LogP contribution in [0, 0.1) is 5.92 Å². The zero-order valence-electron chi connectivity index (χ0n) is 9.68. The van der Waals surface area contributed by atoms with Gasteiger partial charge in [-0.1, -0.05) is 6.07 Å². The highest BCUT2D eigenvalue weighted by Crippen LogP contribution is 2.27. The summed E-state index contributed by atoms with van der Waals surface area (Å²) in [6, 6.07) is 4.01. The van der Waals surface area contributed by atoms with Crippen LogP contribution in [0.15, 0.2) is 22.9 Å². The number of aromatic nitrogens is 1. The van der Waals surface area contributed by atoms with E-state index in [2.05, 4.69) is 15.6 Å².